The average molecular weight is 411 g/mol. The van der Waals surface area contributed by atoms with Gasteiger partial charge in [-0.15, -0.1) is 17.9 Å². The number of nitrogens with one attached hydrogen (secondary N) is 1. The molecule has 0 amide bonds. The molecule has 0 aliphatic rings. The molecule has 0 aliphatic carbocycles. The van der Waals surface area contributed by atoms with Crippen LogP contribution in [0.5, 0.6) is 10.8 Å². The minimum atomic E-state index is -1.02. The Morgan fingerprint density at radius 1 is 1.28 bits per heavy atom. The summed E-state index contributed by atoms with van der Waals surface area (Å²) in [5.41, 5.74) is 3.33. The van der Waals surface area contributed by atoms with Crippen LogP contribution in [0.3, 0.4) is 0 Å². The number of hydrogen-bond donors (Lipinski definition) is 2. The van der Waals surface area contributed by atoms with Crippen molar-refractivity contribution in [1.82, 2.24) is 9.97 Å². The van der Waals surface area contributed by atoms with Gasteiger partial charge in [0, 0.05) is 28.3 Å². The van der Waals surface area contributed by atoms with E-state index in [1.165, 1.54) is 30.6 Å². The van der Waals surface area contributed by atoms with Gasteiger partial charge in [0.25, 0.3) is 0 Å². The van der Waals surface area contributed by atoms with Gasteiger partial charge in [0.05, 0.1) is 25.5 Å². The SMILES string of the molecule is C=CCc1c(C)nc(-c2csc(OC)c2)nc1Nc1ccc(C(=O)O)cc1OC. The zero-order valence-electron chi connectivity index (χ0n) is 16.4. The molecule has 0 spiro atoms. The fourth-order valence-corrected chi connectivity index (χ4v) is 3.52. The van der Waals surface area contributed by atoms with E-state index < -0.39 is 5.97 Å². The smallest absolute Gasteiger partial charge is 0.335 e. The highest BCUT2D eigenvalue weighted by Gasteiger charge is 2.16. The molecule has 2 N–H and O–H groups in total. The number of anilines is 2. The molecule has 1 aromatic carbocycles. The molecular weight excluding hydrogens is 390 g/mol. The number of rotatable bonds is 8. The molecule has 2 aromatic heterocycles. The predicted molar refractivity (Wildman–Crippen MR) is 114 cm³/mol. The Bertz CT molecular complexity index is 1060. The van der Waals surface area contributed by atoms with Crippen LogP contribution in [-0.4, -0.2) is 35.3 Å². The third kappa shape index (κ3) is 4.38. The number of allylic oxidation sites excluding steroid dienone is 1. The van der Waals surface area contributed by atoms with Gasteiger partial charge in [0.2, 0.25) is 0 Å². The van der Waals surface area contributed by atoms with E-state index in [-0.39, 0.29) is 5.56 Å². The Morgan fingerprint density at radius 2 is 2.07 bits per heavy atom. The van der Waals surface area contributed by atoms with Crippen molar-refractivity contribution in [1.29, 1.82) is 0 Å². The molecule has 150 valence electrons. The average Bonchev–Trinajstić information content (AvgIpc) is 3.19. The first kappa shape index (κ1) is 20.3. The van der Waals surface area contributed by atoms with Crippen molar-refractivity contribution in [2.24, 2.45) is 0 Å². The summed E-state index contributed by atoms with van der Waals surface area (Å²) in [4.78, 5) is 20.6. The van der Waals surface area contributed by atoms with E-state index in [4.69, 9.17) is 14.5 Å². The maximum atomic E-state index is 11.2. The summed E-state index contributed by atoms with van der Waals surface area (Å²) in [7, 11) is 3.11. The lowest BCUT2D eigenvalue weighted by Crippen LogP contribution is -2.06. The van der Waals surface area contributed by atoms with Crippen molar-refractivity contribution in [3.8, 4) is 22.2 Å². The van der Waals surface area contributed by atoms with Crippen molar-refractivity contribution in [2.75, 3.05) is 19.5 Å². The predicted octanol–water partition coefficient (Wildman–Crippen LogP) is 4.70. The summed E-state index contributed by atoms with van der Waals surface area (Å²) in [6, 6.07) is 6.53. The summed E-state index contributed by atoms with van der Waals surface area (Å²) >= 11 is 1.47. The second-order valence-electron chi connectivity index (χ2n) is 6.16. The van der Waals surface area contributed by atoms with Crippen LogP contribution in [0, 0.1) is 6.92 Å². The molecule has 3 rings (SSSR count). The quantitative estimate of drug-likeness (QED) is 0.519. The van der Waals surface area contributed by atoms with Gasteiger partial charge >= 0.3 is 5.97 Å². The first-order valence-electron chi connectivity index (χ1n) is 8.76. The van der Waals surface area contributed by atoms with Gasteiger partial charge in [-0.25, -0.2) is 14.8 Å². The number of carboxylic acids is 1. The molecule has 0 unspecified atom stereocenters. The van der Waals surface area contributed by atoms with Gasteiger partial charge in [-0.3, -0.25) is 0 Å². The number of methoxy groups -OCH3 is 2. The van der Waals surface area contributed by atoms with Crippen molar-refractivity contribution < 1.29 is 19.4 Å². The zero-order valence-corrected chi connectivity index (χ0v) is 17.2. The largest absolute Gasteiger partial charge is 0.495 e. The van der Waals surface area contributed by atoms with Crippen molar-refractivity contribution >= 4 is 28.8 Å². The highest BCUT2D eigenvalue weighted by atomic mass is 32.1. The van der Waals surface area contributed by atoms with Crippen molar-refractivity contribution in [3.05, 3.63) is 59.1 Å². The molecule has 2 heterocycles. The van der Waals surface area contributed by atoms with Crippen LogP contribution in [0.1, 0.15) is 21.6 Å². The Balaban J connectivity index is 2.07. The Morgan fingerprint density at radius 3 is 2.69 bits per heavy atom. The molecule has 0 radical (unpaired) electrons. The number of carboxylic acid groups (broad SMARTS) is 1. The third-order valence-electron chi connectivity index (χ3n) is 4.30. The van der Waals surface area contributed by atoms with Crippen LogP contribution in [-0.2, 0) is 6.42 Å². The molecule has 0 fully saturated rings. The van der Waals surface area contributed by atoms with E-state index in [9.17, 15) is 9.90 Å². The first-order chi connectivity index (χ1) is 14.0. The molecule has 0 aliphatic heterocycles. The molecule has 0 bridgehead atoms. The lowest BCUT2D eigenvalue weighted by Gasteiger charge is -2.16. The van der Waals surface area contributed by atoms with Gasteiger partial charge in [0.15, 0.2) is 10.9 Å². The Hall–Kier alpha value is -3.39. The van der Waals surface area contributed by atoms with Crippen LogP contribution < -0.4 is 14.8 Å². The maximum absolute atomic E-state index is 11.2. The number of aromatic carboxylic acids is 1. The molecule has 0 saturated carbocycles. The van der Waals surface area contributed by atoms with E-state index in [0.29, 0.717) is 29.5 Å². The van der Waals surface area contributed by atoms with Gasteiger partial charge in [-0.1, -0.05) is 6.08 Å². The number of thiophene rings is 1. The van der Waals surface area contributed by atoms with E-state index in [1.807, 2.05) is 18.4 Å². The van der Waals surface area contributed by atoms with Crippen LogP contribution in [0.15, 0.2) is 42.3 Å². The lowest BCUT2D eigenvalue weighted by atomic mass is 10.1. The number of carbonyl (C=O) groups is 1. The second-order valence-corrected chi connectivity index (χ2v) is 7.03. The highest BCUT2D eigenvalue weighted by molar-refractivity contribution is 7.12. The van der Waals surface area contributed by atoms with Gasteiger partial charge < -0.3 is 19.9 Å². The summed E-state index contributed by atoms with van der Waals surface area (Å²) in [5, 5.41) is 15.2. The molecule has 0 saturated heterocycles. The Kier molecular flexibility index (Phi) is 6.13. The topological polar surface area (TPSA) is 93.6 Å². The maximum Gasteiger partial charge on any atom is 0.335 e. The van der Waals surface area contributed by atoms with E-state index in [2.05, 4.69) is 16.9 Å². The van der Waals surface area contributed by atoms with Crippen LogP contribution in [0.2, 0.25) is 0 Å². The summed E-state index contributed by atoms with van der Waals surface area (Å²) in [6.45, 7) is 5.74. The van der Waals surface area contributed by atoms with Gasteiger partial charge in [-0.05, 0) is 31.5 Å². The highest BCUT2D eigenvalue weighted by Crippen LogP contribution is 2.33. The number of hydrogen-bond acceptors (Lipinski definition) is 7. The number of ether oxygens (including phenoxy) is 2. The normalized spacial score (nSPS) is 10.4. The fraction of sp³-hybridized carbons (Fsp3) is 0.190. The second kappa shape index (κ2) is 8.74. The zero-order chi connectivity index (χ0) is 21.0. The van der Waals surface area contributed by atoms with E-state index in [0.717, 1.165) is 21.9 Å². The molecular formula is C21H21N3O4S. The minimum absolute atomic E-state index is 0.142. The number of benzene rings is 1. The number of aromatic nitrogens is 2. The van der Waals surface area contributed by atoms with Crippen LogP contribution in [0.4, 0.5) is 11.5 Å². The van der Waals surface area contributed by atoms with E-state index >= 15 is 0 Å². The van der Waals surface area contributed by atoms with Crippen molar-refractivity contribution in [2.45, 2.75) is 13.3 Å². The lowest BCUT2D eigenvalue weighted by molar-refractivity contribution is 0.0696. The molecule has 3 aromatic rings. The summed E-state index contributed by atoms with van der Waals surface area (Å²) in [5.74, 6) is 0.565. The molecule has 0 atom stereocenters. The molecule has 29 heavy (non-hydrogen) atoms. The van der Waals surface area contributed by atoms with Crippen molar-refractivity contribution in [3.63, 3.8) is 0 Å². The van der Waals surface area contributed by atoms with E-state index in [1.54, 1.807) is 19.3 Å². The molecule has 7 nitrogen and oxygen atoms in total. The fourth-order valence-electron chi connectivity index (χ4n) is 2.81. The van der Waals surface area contributed by atoms with Crippen LogP contribution in [0.25, 0.3) is 11.4 Å². The summed E-state index contributed by atoms with van der Waals surface area (Å²) < 4.78 is 10.6. The monoisotopic (exact) mass is 411 g/mol. The first-order valence-corrected chi connectivity index (χ1v) is 9.64. The third-order valence-corrected chi connectivity index (χ3v) is 5.19. The Labute approximate surface area is 172 Å². The standard InChI is InChI=1S/C21H21N3O4S/c1-5-6-15-12(2)22-19(14-10-18(28-4)29-11-14)24-20(15)23-16-8-7-13(21(25)26)9-17(16)27-3/h5,7-11H,1,6H2,2-4H3,(H,25,26)(H,22,23,24). The number of aryl methyl sites for hydroxylation is 1. The van der Waals surface area contributed by atoms with Gasteiger partial charge in [0.1, 0.15) is 11.6 Å². The van der Waals surface area contributed by atoms with Crippen LogP contribution >= 0.6 is 11.3 Å². The molecule has 8 heteroatoms. The minimum Gasteiger partial charge on any atom is -0.495 e. The van der Waals surface area contributed by atoms with Gasteiger partial charge in [-0.2, -0.15) is 0 Å². The summed E-state index contributed by atoms with van der Waals surface area (Å²) in [6.07, 6.45) is 2.37. The number of nitrogens with zero attached hydrogens (tertiary/aromatic N) is 2.